The second kappa shape index (κ2) is 14.0. The van der Waals surface area contributed by atoms with Gasteiger partial charge in [-0.15, -0.1) is 11.8 Å². The molecule has 5 nitrogen and oxygen atoms in total. The molecular weight excluding hydrogens is 539 g/mol. The molecule has 2 aliphatic rings. The molecule has 1 aliphatic heterocycles. The molecule has 0 bridgehead atoms. The van der Waals surface area contributed by atoms with Gasteiger partial charge in [-0.1, -0.05) is 65.7 Å². The van der Waals surface area contributed by atoms with Crippen LogP contribution in [0.1, 0.15) is 53.2 Å². The maximum atomic E-state index is 13.4. The van der Waals surface area contributed by atoms with E-state index in [1.807, 2.05) is 59.5 Å². The normalized spacial score (nSPS) is 20.7. The minimum atomic E-state index is -0.254. The zero-order valence-electron chi connectivity index (χ0n) is 21.1. The molecule has 0 aromatic heterocycles. The number of hydrogen-bond acceptors (Lipinski definition) is 4. The number of amides is 2. The Morgan fingerprint density at radius 1 is 0.974 bits per heavy atom. The Balaban J connectivity index is 0.000000236. The summed E-state index contributed by atoms with van der Waals surface area (Å²) in [6, 6.07) is 23.5. The molecule has 5 rings (SSSR count). The summed E-state index contributed by atoms with van der Waals surface area (Å²) < 4.78 is 0. The maximum absolute atomic E-state index is 13.4. The molecule has 2 amide bonds. The fraction of sp³-hybridized carbons (Fsp3) is 0.333. The summed E-state index contributed by atoms with van der Waals surface area (Å²) in [6.07, 6.45) is 4.31. The quantitative estimate of drug-likeness (QED) is 0.192. The van der Waals surface area contributed by atoms with Gasteiger partial charge in [-0.05, 0) is 73.6 Å². The van der Waals surface area contributed by atoms with Crippen LogP contribution in [0.2, 0.25) is 10.0 Å². The first-order valence-electron chi connectivity index (χ1n) is 12.9. The summed E-state index contributed by atoms with van der Waals surface area (Å²) in [6.45, 7) is 0.725. The van der Waals surface area contributed by atoms with Crippen LogP contribution in [-0.4, -0.2) is 46.8 Å². The van der Waals surface area contributed by atoms with E-state index in [0.717, 1.165) is 67.5 Å². The van der Waals surface area contributed by atoms with Gasteiger partial charge in [-0.2, -0.15) is 0 Å². The van der Waals surface area contributed by atoms with Crippen LogP contribution < -0.4 is 5.32 Å². The smallest absolute Gasteiger partial charge is 0.254 e. The molecular formula is C30H32Cl2N2O3S. The Labute approximate surface area is 238 Å². The van der Waals surface area contributed by atoms with Crippen molar-refractivity contribution in [2.24, 2.45) is 0 Å². The van der Waals surface area contributed by atoms with E-state index in [9.17, 15) is 14.7 Å². The summed E-state index contributed by atoms with van der Waals surface area (Å²) in [5.41, 5.74) is 2.77. The number of halogens is 2. The predicted molar refractivity (Wildman–Crippen MR) is 155 cm³/mol. The maximum Gasteiger partial charge on any atom is 0.254 e. The summed E-state index contributed by atoms with van der Waals surface area (Å²) >= 11 is 14.3. The highest BCUT2D eigenvalue weighted by Crippen LogP contribution is 2.41. The van der Waals surface area contributed by atoms with E-state index in [1.54, 1.807) is 17.8 Å². The van der Waals surface area contributed by atoms with Crippen LogP contribution in [0.15, 0.2) is 77.7 Å². The zero-order chi connectivity index (χ0) is 26.9. The zero-order valence-corrected chi connectivity index (χ0v) is 23.4. The van der Waals surface area contributed by atoms with Crippen LogP contribution in [0, 0.1) is 0 Å². The highest BCUT2D eigenvalue weighted by Gasteiger charge is 2.39. The first-order valence-corrected chi connectivity index (χ1v) is 14.6. The van der Waals surface area contributed by atoms with Crippen molar-refractivity contribution in [3.05, 3.63) is 99.5 Å². The lowest BCUT2D eigenvalue weighted by molar-refractivity contribution is -0.109. The summed E-state index contributed by atoms with van der Waals surface area (Å²) in [5.74, 6) is 0.979. The fourth-order valence-electron chi connectivity index (χ4n) is 5.09. The van der Waals surface area contributed by atoms with Gasteiger partial charge in [0, 0.05) is 38.8 Å². The van der Waals surface area contributed by atoms with Gasteiger partial charge in [0.25, 0.3) is 5.91 Å². The molecule has 8 heteroatoms. The Kier molecular flexibility index (Phi) is 10.5. The Morgan fingerprint density at radius 2 is 1.68 bits per heavy atom. The van der Waals surface area contributed by atoms with E-state index in [1.165, 1.54) is 4.90 Å². The van der Waals surface area contributed by atoms with Gasteiger partial charge in [-0.3, -0.25) is 9.59 Å². The number of rotatable bonds is 7. The van der Waals surface area contributed by atoms with Crippen molar-refractivity contribution in [1.82, 2.24) is 10.2 Å². The number of fused-ring (bicyclic) bond motifs is 1. The van der Waals surface area contributed by atoms with Crippen molar-refractivity contribution < 1.29 is 14.7 Å². The highest BCUT2D eigenvalue weighted by molar-refractivity contribution is 7.99. The summed E-state index contributed by atoms with van der Waals surface area (Å²) in [5, 5.41) is 13.7. The number of benzene rings is 3. The van der Waals surface area contributed by atoms with Crippen LogP contribution in [0.3, 0.4) is 0 Å². The number of hydrogen-bond donors (Lipinski definition) is 2. The van der Waals surface area contributed by atoms with E-state index in [0.29, 0.717) is 10.0 Å². The second-order valence-electron chi connectivity index (χ2n) is 9.45. The Morgan fingerprint density at radius 3 is 2.39 bits per heavy atom. The lowest BCUT2D eigenvalue weighted by Gasteiger charge is -2.44. The molecule has 38 heavy (non-hydrogen) atoms. The monoisotopic (exact) mass is 570 g/mol. The van der Waals surface area contributed by atoms with E-state index in [4.69, 9.17) is 23.2 Å². The van der Waals surface area contributed by atoms with Gasteiger partial charge < -0.3 is 15.3 Å². The Bertz CT molecular complexity index is 1220. The van der Waals surface area contributed by atoms with E-state index in [-0.39, 0.29) is 24.1 Å². The number of nitrogens with zero attached hydrogens (tertiary/aromatic N) is 1. The van der Waals surface area contributed by atoms with Crippen LogP contribution >= 0.6 is 35.0 Å². The van der Waals surface area contributed by atoms with Crippen LogP contribution in [0.25, 0.3) is 0 Å². The molecule has 1 heterocycles. The molecule has 3 aromatic rings. The van der Waals surface area contributed by atoms with Gasteiger partial charge in [-0.25, -0.2) is 0 Å². The van der Waals surface area contributed by atoms with Crippen molar-refractivity contribution in [3.8, 4) is 0 Å². The van der Waals surface area contributed by atoms with E-state index < -0.39 is 0 Å². The van der Waals surface area contributed by atoms with Crippen molar-refractivity contribution in [2.75, 3.05) is 12.3 Å². The third kappa shape index (κ3) is 7.32. The largest absolute Gasteiger partial charge is 0.393 e. The first kappa shape index (κ1) is 28.5. The molecule has 1 unspecified atom stereocenters. The molecule has 1 saturated carbocycles. The molecule has 200 valence electrons. The summed E-state index contributed by atoms with van der Waals surface area (Å²) in [7, 11) is 0. The molecule has 0 spiro atoms. The van der Waals surface area contributed by atoms with Gasteiger partial charge in [0.05, 0.1) is 12.1 Å². The molecule has 3 aromatic carbocycles. The Hall–Kier alpha value is -2.51. The average molecular weight is 572 g/mol. The number of carbonyl (C=O) groups is 2. The highest BCUT2D eigenvalue weighted by atomic mass is 35.5. The number of thioether (sulfide) groups is 1. The molecule has 0 saturated heterocycles. The predicted octanol–water partition coefficient (Wildman–Crippen LogP) is 6.56. The summed E-state index contributed by atoms with van der Waals surface area (Å²) in [4.78, 5) is 26.5. The SMILES string of the molecule is O=C1c2ccccc2CC(c2ccc(Cl)cc2Cl)N1C1CCC(O)CC1.O=CNCCSc1ccccc1. The van der Waals surface area contributed by atoms with Gasteiger partial charge in [0.15, 0.2) is 0 Å². The molecule has 0 radical (unpaired) electrons. The van der Waals surface area contributed by atoms with Gasteiger partial charge in [0.2, 0.25) is 6.41 Å². The van der Waals surface area contributed by atoms with Gasteiger partial charge >= 0.3 is 0 Å². The van der Waals surface area contributed by atoms with Crippen molar-refractivity contribution in [1.29, 1.82) is 0 Å². The molecule has 1 aliphatic carbocycles. The lowest BCUT2D eigenvalue weighted by Crippen LogP contribution is -2.48. The number of aliphatic hydroxyl groups excluding tert-OH is 1. The minimum Gasteiger partial charge on any atom is -0.393 e. The van der Waals surface area contributed by atoms with Crippen LogP contribution in [-0.2, 0) is 11.2 Å². The van der Waals surface area contributed by atoms with Crippen molar-refractivity contribution in [2.45, 2.75) is 55.2 Å². The van der Waals surface area contributed by atoms with Crippen LogP contribution in [0.5, 0.6) is 0 Å². The third-order valence-corrected chi connectivity index (χ3v) is 8.53. The van der Waals surface area contributed by atoms with Gasteiger partial charge in [0.1, 0.15) is 0 Å². The van der Waals surface area contributed by atoms with Crippen molar-refractivity contribution in [3.63, 3.8) is 0 Å². The molecule has 1 fully saturated rings. The first-order chi connectivity index (χ1) is 18.5. The average Bonchev–Trinajstić information content (AvgIpc) is 2.93. The standard InChI is InChI=1S/C21H21Cl2NO2.C9H11NOS/c22-14-5-10-18(19(23)12-14)20-11-13-3-1-2-4-17(13)21(26)24(20)15-6-8-16(25)9-7-15;11-8-10-6-7-12-9-4-2-1-3-5-9/h1-5,10,12,15-16,20,25H,6-9,11H2;1-5,8H,6-7H2,(H,10,11). The number of aliphatic hydroxyl groups is 1. The minimum absolute atomic E-state index is 0.0595. The van der Waals surface area contributed by atoms with E-state index >= 15 is 0 Å². The third-order valence-electron chi connectivity index (χ3n) is 6.95. The lowest BCUT2D eigenvalue weighted by atomic mass is 9.84. The number of nitrogens with one attached hydrogen (secondary N) is 1. The molecule has 1 atom stereocenters. The second-order valence-corrected chi connectivity index (χ2v) is 11.5. The molecule has 2 N–H and O–H groups in total. The topological polar surface area (TPSA) is 69.6 Å². The fourth-order valence-corrected chi connectivity index (χ4v) is 6.43. The van der Waals surface area contributed by atoms with E-state index in [2.05, 4.69) is 17.4 Å². The van der Waals surface area contributed by atoms with Crippen LogP contribution in [0.4, 0.5) is 0 Å². The number of carbonyl (C=O) groups excluding carboxylic acids is 2. The van der Waals surface area contributed by atoms with Crippen molar-refractivity contribution >= 4 is 47.3 Å².